The van der Waals surface area contributed by atoms with Crippen LogP contribution in [0.15, 0.2) is 29.2 Å². The molecule has 1 amide bonds. The monoisotopic (exact) mass is 279 g/mol. The number of carboxylic acid groups (broad SMARTS) is 1. The number of hydrogen-bond donors (Lipinski definition) is 1. The zero-order valence-corrected chi connectivity index (χ0v) is 11.7. The van der Waals surface area contributed by atoms with Gasteiger partial charge in [0.2, 0.25) is 0 Å². The lowest BCUT2D eigenvalue weighted by atomic mass is 10.2. The van der Waals surface area contributed by atoms with Gasteiger partial charge in [-0.15, -0.1) is 11.8 Å². The van der Waals surface area contributed by atoms with Crippen molar-refractivity contribution >= 4 is 23.6 Å². The molecule has 1 aromatic carbocycles. The Morgan fingerprint density at radius 1 is 1.26 bits per heavy atom. The second kappa shape index (κ2) is 6.10. The minimum absolute atomic E-state index is 0.0122. The smallest absolute Gasteiger partial charge is 0.316 e. The fraction of sp³-hybridized carbons (Fsp3) is 0.429. The van der Waals surface area contributed by atoms with E-state index in [1.807, 2.05) is 23.1 Å². The summed E-state index contributed by atoms with van der Waals surface area (Å²) in [5, 5.41) is 8.41. The minimum Gasteiger partial charge on any atom is -0.480 e. The summed E-state index contributed by atoms with van der Waals surface area (Å²) >= 11 is 1.22. The number of hydrogen-bond acceptors (Lipinski definition) is 3. The Morgan fingerprint density at radius 2 is 1.89 bits per heavy atom. The predicted octanol–water partition coefficient (Wildman–Crippen LogP) is 2.49. The first-order valence-electron chi connectivity index (χ1n) is 6.37. The number of carbonyl (C=O) groups is 2. The summed E-state index contributed by atoms with van der Waals surface area (Å²) in [5.74, 6) is -0.855. The van der Waals surface area contributed by atoms with Crippen LogP contribution in [0.1, 0.15) is 30.1 Å². The summed E-state index contributed by atoms with van der Waals surface area (Å²) < 4.78 is 0. The van der Waals surface area contributed by atoms with Crippen LogP contribution in [0.5, 0.6) is 0 Å². The average Bonchev–Trinajstić information content (AvgIpc) is 2.92. The largest absolute Gasteiger partial charge is 0.480 e. The molecule has 0 radical (unpaired) electrons. The van der Waals surface area contributed by atoms with Gasteiger partial charge in [-0.1, -0.05) is 12.1 Å². The summed E-state index contributed by atoms with van der Waals surface area (Å²) in [6.07, 6.45) is 2.10. The molecule has 1 heterocycles. The molecular formula is C14H17NO3S. The van der Waals surface area contributed by atoms with Gasteiger partial charge in [0.05, 0.1) is 5.56 Å². The Bertz CT molecular complexity index is 483. The zero-order chi connectivity index (χ0) is 13.8. The highest BCUT2D eigenvalue weighted by molar-refractivity contribution is 8.00. The Balaban J connectivity index is 2.20. The van der Waals surface area contributed by atoms with Crippen LogP contribution < -0.4 is 0 Å². The van der Waals surface area contributed by atoms with Gasteiger partial charge in [0.15, 0.2) is 0 Å². The average molecular weight is 279 g/mol. The first kappa shape index (κ1) is 13.9. The lowest BCUT2D eigenvalue weighted by Crippen LogP contribution is -2.28. The molecule has 1 N–H and O–H groups in total. The molecule has 1 aliphatic heterocycles. The summed E-state index contributed by atoms with van der Waals surface area (Å²) in [6.45, 7) is 3.22. The maximum absolute atomic E-state index is 12.4. The number of carbonyl (C=O) groups excluding carboxylic acids is 1. The van der Waals surface area contributed by atoms with Crippen molar-refractivity contribution in [3.8, 4) is 0 Å². The van der Waals surface area contributed by atoms with Crippen molar-refractivity contribution in [1.82, 2.24) is 4.90 Å². The molecule has 0 bridgehead atoms. The third-order valence-corrected chi connectivity index (χ3v) is 4.33. The molecule has 1 fully saturated rings. The predicted molar refractivity (Wildman–Crippen MR) is 74.5 cm³/mol. The highest BCUT2D eigenvalue weighted by atomic mass is 32.2. The first-order valence-corrected chi connectivity index (χ1v) is 7.25. The van der Waals surface area contributed by atoms with Crippen LogP contribution in [0.25, 0.3) is 0 Å². The van der Waals surface area contributed by atoms with Gasteiger partial charge < -0.3 is 10.0 Å². The number of benzene rings is 1. The SMILES string of the molecule is CC(Sc1ccccc1C(=O)N1CCCC1)C(=O)O. The number of carboxylic acids is 1. The van der Waals surface area contributed by atoms with Crippen LogP contribution in [0.3, 0.4) is 0 Å². The number of rotatable bonds is 4. The summed E-state index contributed by atoms with van der Waals surface area (Å²) in [5.41, 5.74) is 0.613. The van der Waals surface area contributed by atoms with E-state index >= 15 is 0 Å². The van der Waals surface area contributed by atoms with E-state index < -0.39 is 11.2 Å². The molecular weight excluding hydrogens is 262 g/mol. The van der Waals surface area contributed by atoms with Gasteiger partial charge in [-0.3, -0.25) is 9.59 Å². The van der Waals surface area contributed by atoms with Gasteiger partial charge in [0.25, 0.3) is 5.91 Å². The number of likely N-dealkylation sites (tertiary alicyclic amines) is 1. The van der Waals surface area contributed by atoms with Crippen molar-refractivity contribution < 1.29 is 14.7 Å². The Kier molecular flexibility index (Phi) is 4.47. The quantitative estimate of drug-likeness (QED) is 0.860. The summed E-state index contributed by atoms with van der Waals surface area (Å²) in [7, 11) is 0. The van der Waals surface area contributed by atoms with Crippen LogP contribution in [-0.4, -0.2) is 40.2 Å². The number of aliphatic carboxylic acids is 1. The van der Waals surface area contributed by atoms with Crippen LogP contribution in [-0.2, 0) is 4.79 Å². The van der Waals surface area contributed by atoms with Crippen molar-refractivity contribution in [2.75, 3.05) is 13.1 Å². The molecule has 4 nitrogen and oxygen atoms in total. The molecule has 1 aromatic rings. The van der Waals surface area contributed by atoms with E-state index in [9.17, 15) is 9.59 Å². The van der Waals surface area contributed by atoms with Crippen molar-refractivity contribution in [1.29, 1.82) is 0 Å². The highest BCUT2D eigenvalue weighted by Crippen LogP contribution is 2.28. The van der Waals surface area contributed by atoms with Crippen LogP contribution in [0.4, 0.5) is 0 Å². The molecule has 5 heteroatoms. The van der Waals surface area contributed by atoms with E-state index in [4.69, 9.17) is 5.11 Å². The summed E-state index contributed by atoms with van der Waals surface area (Å²) in [6, 6.07) is 7.24. The van der Waals surface area contributed by atoms with Crippen molar-refractivity contribution in [2.24, 2.45) is 0 Å². The van der Waals surface area contributed by atoms with Crippen LogP contribution in [0.2, 0.25) is 0 Å². The molecule has 1 atom stereocenters. The molecule has 19 heavy (non-hydrogen) atoms. The molecule has 0 saturated carbocycles. The Hall–Kier alpha value is -1.49. The minimum atomic E-state index is -0.867. The van der Waals surface area contributed by atoms with Gasteiger partial charge in [-0.25, -0.2) is 0 Å². The lowest BCUT2D eigenvalue weighted by Gasteiger charge is -2.18. The normalized spacial score (nSPS) is 16.4. The summed E-state index contributed by atoms with van der Waals surface area (Å²) in [4.78, 5) is 25.9. The van der Waals surface area contributed by atoms with Gasteiger partial charge in [0, 0.05) is 18.0 Å². The third-order valence-electron chi connectivity index (χ3n) is 3.16. The van der Waals surface area contributed by atoms with Gasteiger partial charge in [-0.05, 0) is 31.9 Å². The van der Waals surface area contributed by atoms with Crippen LogP contribution >= 0.6 is 11.8 Å². The van der Waals surface area contributed by atoms with E-state index in [0.29, 0.717) is 5.56 Å². The van der Waals surface area contributed by atoms with Crippen molar-refractivity contribution in [3.05, 3.63) is 29.8 Å². The fourth-order valence-corrected chi connectivity index (χ4v) is 3.00. The Labute approximate surface area is 116 Å². The van der Waals surface area contributed by atoms with Crippen LogP contribution in [0, 0.1) is 0 Å². The topological polar surface area (TPSA) is 57.6 Å². The molecule has 102 valence electrons. The first-order chi connectivity index (χ1) is 9.09. The fourth-order valence-electron chi connectivity index (χ4n) is 2.08. The van der Waals surface area contributed by atoms with E-state index in [1.54, 1.807) is 13.0 Å². The molecule has 2 rings (SSSR count). The second-order valence-electron chi connectivity index (χ2n) is 4.59. The number of thioether (sulfide) groups is 1. The molecule has 0 aliphatic carbocycles. The van der Waals surface area contributed by atoms with Crippen molar-refractivity contribution in [3.63, 3.8) is 0 Å². The maximum Gasteiger partial charge on any atom is 0.316 e. The van der Waals surface area contributed by atoms with Crippen molar-refractivity contribution in [2.45, 2.75) is 29.9 Å². The molecule has 1 saturated heterocycles. The third kappa shape index (κ3) is 3.29. The van der Waals surface area contributed by atoms with E-state index in [-0.39, 0.29) is 5.91 Å². The number of nitrogens with zero attached hydrogens (tertiary/aromatic N) is 1. The Morgan fingerprint density at radius 3 is 2.53 bits per heavy atom. The van der Waals surface area contributed by atoms with Gasteiger partial charge in [0.1, 0.15) is 5.25 Å². The van der Waals surface area contributed by atoms with E-state index in [0.717, 1.165) is 30.8 Å². The number of amides is 1. The van der Waals surface area contributed by atoms with E-state index in [1.165, 1.54) is 11.8 Å². The maximum atomic E-state index is 12.4. The van der Waals surface area contributed by atoms with E-state index in [2.05, 4.69) is 0 Å². The van der Waals surface area contributed by atoms with Gasteiger partial charge in [-0.2, -0.15) is 0 Å². The molecule has 1 unspecified atom stereocenters. The highest BCUT2D eigenvalue weighted by Gasteiger charge is 2.23. The van der Waals surface area contributed by atoms with Gasteiger partial charge >= 0.3 is 5.97 Å². The second-order valence-corrected chi connectivity index (χ2v) is 5.98. The lowest BCUT2D eigenvalue weighted by molar-refractivity contribution is -0.136. The zero-order valence-electron chi connectivity index (χ0n) is 10.8. The molecule has 0 spiro atoms. The molecule has 0 aromatic heterocycles. The molecule has 1 aliphatic rings. The standard InChI is InChI=1S/C14H17NO3S/c1-10(14(17)18)19-12-7-3-2-6-11(12)13(16)15-8-4-5-9-15/h2-3,6-7,10H,4-5,8-9H2,1H3,(H,17,18).